The Morgan fingerprint density at radius 1 is 1.17 bits per heavy atom. The molecule has 2 N–H and O–H groups in total. The number of nitrogens with zero attached hydrogens (tertiary/aromatic N) is 1. The molecule has 1 aliphatic carbocycles. The van der Waals surface area contributed by atoms with E-state index < -0.39 is 0 Å². The fourth-order valence-corrected chi connectivity index (χ4v) is 3.47. The maximum Gasteiger partial charge on any atom is 0.0496 e. The van der Waals surface area contributed by atoms with Crippen LogP contribution >= 0.6 is 11.6 Å². The summed E-state index contributed by atoms with van der Waals surface area (Å²) in [5.41, 5.74) is 7.72. The van der Waals surface area contributed by atoms with Gasteiger partial charge in [0.25, 0.3) is 0 Å². The van der Waals surface area contributed by atoms with Gasteiger partial charge in [-0.15, -0.1) is 0 Å². The topological polar surface area (TPSA) is 29.3 Å². The van der Waals surface area contributed by atoms with Gasteiger partial charge in [0.05, 0.1) is 0 Å². The summed E-state index contributed by atoms with van der Waals surface area (Å²) in [6.45, 7) is 0. The van der Waals surface area contributed by atoms with Crippen molar-refractivity contribution >= 4 is 11.6 Å². The lowest BCUT2D eigenvalue weighted by Crippen LogP contribution is -2.53. The van der Waals surface area contributed by atoms with Gasteiger partial charge in [0.1, 0.15) is 0 Å². The van der Waals surface area contributed by atoms with E-state index >= 15 is 0 Å². The zero-order chi connectivity index (χ0) is 13.2. The first-order chi connectivity index (χ1) is 8.58. The van der Waals surface area contributed by atoms with Gasteiger partial charge in [0, 0.05) is 16.6 Å². The fourth-order valence-electron chi connectivity index (χ4n) is 3.22. The summed E-state index contributed by atoms with van der Waals surface area (Å²) in [5.74, 6) is 0. The van der Waals surface area contributed by atoms with Crippen LogP contribution in [0.1, 0.15) is 43.7 Å². The van der Waals surface area contributed by atoms with Gasteiger partial charge in [0.2, 0.25) is 0 Å². The molecule has 100 valence electrons. The van der Waals surface area contributed by atoms with Crippen LogP contribution in [0.4, 0.5) is 0 Å². The molecule has 1 atom stereocenters. The molecular formula is C15H23ClN2. The largest absolute Gasteiger partial charge is 0.322 e. The van der Waals surface area contributed by atoms with Crippen LogP contribution in [0.3, 0.4) is 0 Å². The molecule has 1 saturated carbocycles. The Morgan fingerprint density at radius 3 is 2.33 bits per heavy atom. The van der Waals surface area contributed by atoms with Crippen LogP contribution in [-0.2, 0) is 0 Å². The molecule has 0 amide bonds. The quantitative estimate of drug-likeness (QED) is 0.906. The maximum absolute atomic E-state index is 6.58. The summed E-state index contributed by atoms with van der Waals surface area (Å²) in [5, 5.41) is 0.789. The van der Waals surface area contributed by atoms with Crippen molar-refractivity contribution in [1.29, 1.82) is 0 Å². The standard InChI is InChI=1S/C15H23ClN2/c1-18(2)15(10-6-3-7-11-15)14(17)12-8-4-5-9-13(12)16/h4-5,8-9,14H,3,6-7,10-11,17H2,1-2H3. The molecule has 0 spiro atoms. The summed E-state index contributed by atoms with van der Waals surface area (Å²) < 4.78 is 0. The number of likely N-dealkylation sites (N-methyl/N-ethyl adjacent to an activating group) is 1. The minimum atomic E-state index is -0.0125. The first kappa shape index (κ1) is 13.9. The lowest BCUT2D eigenvalue weighted by Gasteiger charge is -2.47. The molecule has 2 nitrogen and oxygen atoms in total. The molecule has 0 aliphatic heterocycles. The van der Waals surface area contributed by atoms with Crippen LogP contribution in [0, 0.1) is 0 Å². The van der Waals surface area contributed by atoms with Crippen LogP contribution in [0.15, 0.2) is 24.3 Å². The van der Waals surface area contributed by atoms with Gasteiger partial charge in [0.15, 0.2) is 0 Å². The number of hydrogen-bond donors (Lipinski definition) is 1. The van der Waals surface area contributed by atoms with Gasteiger partial charge < -0.3 is 10.6 Å². The summed E-state index contributed by atoms with van der Waals surface area (Å²) in [7, 11) is 4.28. The average molecular weight is 267 g/mol. The molecular weight excluding hydrogens is 244 g/mol. The van der Waals surface area contributed by atoms with Gasteiger partial charge in [-0.3, -0.25) is 0 Å². The van der Waals surface area contributed by atoms with Gasteiger partial charge >= 0.3 is 0 Å². The van der Waals surface area contributed by atoms with E-state index in [-0.39, 0.29) is 11.6 Å². The number of halogens is 1. The molecule has 18 heavy (non-hydrogen) atoms. The number of hydrogen-bond acceptors (Lipinski definition) is 2. The van der Waals surface area contributed by atoms with Crippen LogP contribution in [-0.4, -0.2) is 24.5 Å². The molecule has 3 heteroatoms. The Kier molecular flexibility index (Phi) is 4.31. The van der Waals surface area contributed by atoms with E-state index in [4.69, 9.17) is 17.3 Å². The van der Waals surface area contributed by atoms with Gasteiger partial charge in [-0.1, -0.05) is 49.1 Å². The second-order valence-corrected chi connectivity index (χ2v) is 5.97. The highest BCUT2D eigenvalue weighted by molar-refractivity contribution is 6.31. The zero-order valence-corrected chi connectivity index (χ0v) is 12.1. The van der Waals surface area contributed by atoms with Crippen LogP contribution < -0.4 is 5.73 Å². The highest BCUT2D eigenvalue weighted by Gasteiger charge is 2.41. The molecule has 0 saturated heterocycles. The molecule has 1 aromatic carbocycles. The van der Waals surface area contributed by atoms with Crippen LogP contribution in [0.25, 0.3) is 0 Å². The summed E-state index contributed by atoms with van der Waals surface area (Å²) in [6, 6.07) is 7.96. The predicted octanol–water partition coefficient (Wildman–Crippen LogP) is 3.60. The maximum atomic E-state index is 6.58. The second-order valence-electron chi connectivity index (χ2n) is 5.56. The lowest BCUT2D eigenvalue weighted by molar-refractivity contribution is 0.0714. The van der Waals surface area contributed by atoms with Crippen molar-refractivity contribution in [3.05, 3.63) is 34.9 Å². The van der Waals surface area contributed by atoms with Crippen LogP contribution in [0.5, 0.6) is 0 Å². The smallest absolute Gasteiger partial charge is 0.0496 e. The molecule has 1 fully saturated rings. The highest BCUT2D eigenvalue weighted by Crippen LogP contribution is 2.42. The number of benzene rings is 1. The Hall–Kier alpha value is -0.570. The summed E-state index contributed by atoms with van der Waals surface area (Å²) in [6.07, 6.45) is 6.16. The summed E-state index contributed by atoms with van der Waals surface area (Å²) in [4.78, 5) is 2.31. The third-order valence-electron chi connectivity index (χ3n) is 4.43. The Morgan fingerprint density at radius 2 is 1.78 bits per heavy atom. The van der Waals surface area contributed by atoms with Gasteiger partial charge in [-0.2, -0.15) is 0 Å². The molecule has 1 aromatic rings. The first-order valence-electron chi connectivity index (χ1n) is 6.75. The third-order valence-corrected chi connectivity index (χ3v) is 4.77. The number of nitrogens with two attached hydrogens (primary N) is 1. The van der Waals surface area contributed by atoms with Crippen molar-refractivity contribution < 1.29 is 0 Å². The zero-order valence-electron chi connectivity index (χ0n) is 11.3. The van der Waals surface area contributed by atoms with E-state index in [2.05, 4.69) is 25.1 Å². The normalized spacial score (nSPS) is 20.9. The molecule has 1 unspecified atom stereocenters. The molecule has 0 bridgehead atoms. The minimum absolute atomic E-state index is 0.0125. The van der Waals surface area contributed by atoms with E-state index in [1.54, 1.807) is 0 Å². The predicted molar refractivity (Wildman–Crippen MR) is 77.9 cm³/mol. The van der Waals surface area contributed by atoms with Crippen molar-refractivity contribution in [2.24, 2.45) is 5.73 Å². The van der Waals surface area contributed by atoms with Crippen molar-refractivity contribution in [2.75, 3.05) is 14.1 Å². The Bertz CT molecular complexity index is 397. The third kappa shape index (κ3) is 2.42. The Labute approximate surface area is 115 Å². The van der Waals surface area contributed by atoms with E-state index in [0.717, 1.165) is 23.4 Å². The van der Waals surface area contributed by atoms with Crippen LogP contribution in [0.2, 0.25) is 5.02 Å². The highest BCUT2D eigenvalue weighted by atomic mass is 35.5. The fraction of sp³-hybridized carbons (Fsp3) is 0.600. The molecule has 0 aromatic heterocycles. The molecule has 0 radical (unpaired) electrons. The van der Waals surface area contributed by atoms with Gasteiger partial charge in [-0.05, 0) is 38.6 Å². The molecule has 2 rings (SSSR count). The lowest BCUT2D eigenvalue weighted by atomic mass is 9.73. The van der Waals surface area contributed by atoms with Crippen molar-refractivity contribution in [2.45, 2.75) is 43.7 Å². The van der Waals surface area contributed by atoms with E-state index in [9.17, 15) is 0 Å². The molecule has 0 heterocycles. The van der Waals surface area contributed by atoms with Crippen molar-refractivity contribution in [3.63, 3.8) is 0 Å². The van der Waals surface area contributed by atoms with E-state index in [1.807, 2.05) is 18.2 Å². The number of rotatable bonds is 3. The van der Waals surface area contributed by atoms with E-state index in [0.29, 0.717) is 0 Å². The van der Waals surface area contributed by atoms with Crippen molar-refractivity contribution in [1.82, 2.24) is 4.90 Å². The first-order valence-corrected chi connectivity index (χ1v) is 7.13. The van der Waals surface area contributed by atoms with Crippen molar-refractivity contribution in [3.8, 4) is 0 Å². The second kappa shape index (κ2) is 5.60. The SMILES string of the molecule is CN(C)C1(C(N)c2ccccc2Cl)CCCCC1. The Balaban J connectivity index is 2.34. The van der Waals surface area contributed by atoms with Gasteiger partial charge in [-0.25, -0.2) is 0 Å². The minimum Gasteiger partial charge on any atom is -0.322 e. The molecule has 1 aliphatic rings. The van der Waals surface area contributed by atoms with E-state index in [1.165, 1.54) is 19.3 Å². The average Bonchev–Trinajstić information content (AvgIpc) is 2.39. The monoisotopic (exact) mass is 266 g/mol. The summed E-state index contributed by atoms with van der Waals surface area (Å²) >= 11 is 6.31.